The lowest BCUT2D eigenvalue weighted by Crippen LogP contribution is -2.32. The quantitative estimate of drug-likeness (QED) is 0.0228. The summed E-state index contributed by atoms with van der Waals surface area (Å²) in [6.07, 6.45) is 26.7. The molecule has 6 rings (SSSR count). The highest BCUT2D eigenvalue weighted by atomic mass is 32.2. The summed E-state index contributed by atoms with van der Waals surface area (Å²) in [6.45, 7) is 4.60. The van der Waals surface area contributed by atoms with E-state index in [-0.39, 0.29) is 54.7 Å². The van der Waals surface area contributed by atoms with Gasteiger partial charge in [-0.3, -0.25) is 27.8 Å². The van der Waals surface area contributed by atoms with E-state index >= 15 is 0 Å². The van der Waals surface area contributed by atoms with Crippen molar-refractivity contribution in [3.63, 3.8) is 0 Å². The van der Waals surface area contributed by atoms with Crippen LogP contribution in [0.5, 0.6) is 0 Å². The minimum absolute atomic E-state index is 0.0386. The fourth-order valence-corrected chi connectivity index (χ4v) is 12.2. The molecule has 3 aliphatic heterocycles. The predicted octanol–water partition coefficient (Wildman–Crippen LogP) is 7.98. The zero-order valence-electron chi connectivity index (χ0n) is 41.8. The average Bonchev–Trinajstić information content (AvgIpc) is 3.84. The van der Waals surface area contributed by atoms with E-state index < -0.39 is 80.6 Å². The molecule has 0 aromatic heterocycles. The second-order valence-corrected chi connectivity index (χ2v) is 25.3. The van der Waals surface area contributed by atoms with Gasteiger partial charge in [-0.2, -0.15) is 38.2 Å². The minimum Gasteiger partial charge on any atom is -0.344 e. The third-order valence-corrected chi connectivity index (χ3v) is 17.1. The van der Waals surface area contributed by atoms with Crippen LogP contribution >= 0.6 is 0 Å². The number of fused-ring (bicyclic) bond motifs is 2. The maximum atomic E-state index is 12.5. The highest BCUT2D eigenvalue weighted by molar-refractivity contribution is 7.86. The van der Waals surface area contributed by atoms with Crippen LogP contribution in [0.15, 0.2) is 130 Å². The number of carbonyl (C=O) groups is 3. The summed E-state index contributed by atoms with van der Waals surface area (Å²) in [5.41, 5.74) is 3.02. The van der Waals surface area contributed by atoms with E-state index in [1.165, 1.54) is 24.3 Å². The van der Waals surface area contributed by atoms with Crippen molar-refractivity contribution in [3.8, 4) is 0 Å². The Labute approximate surface area is 439 Å². The number of anilines is 1. The zero-order valence-corrected chi connectivity index (χ0v) is 45.0. The van der Waals surface area contributed by atoms with Crippen molar-refractivity contribution in [2.75, 3.05) is 29.5 Å². The Morgan fingerprint density at radius 2 is 1.28 bits per heavy atom. The van der Waals surface area contributed by atoms with Gasteiger partial charge in [-0.15, -0.1) is 5.06 Å². The zero-order chi connectivity index (χ0) is 54.8. The lowest BCUT2D eigenvalue weighted by Gasteiger charge is -2.30. The summed E-state index contributed by atoms with van der Waals surface area (Å²) in [6, 6.07) is 8.63. The van der Waals surface area contributed by atoms with Crippen LogP contribution in [0, 0.1) is 0 Å². The number of hydrogen-bond donors (Lipinski definition) is 4. The number of amides is 2. The highest BCUT2D eigenvalue weighted by Crippen LogP contribution is 2.52. The summed E-state index contributed by atoms with van der Waals surface area (Å²) >= 11 is 0. The molecule has 2 amide bonds. The molecule has 0 radical (unpaired) electrons. The number of unbranched alkanes of at least 4 members (excludes halogenated alkanes) is 4. The van der Waals surface area contributed by atoms with Crippen LogP contribution in [-0.2, 0) is 70.5 Å². The second kappa shape index (κ2) is 24.6. The van der Waals surface area contributed by atoms with Crippen molar-refractivity contribution in [3.05, 3.63) is 132 Å². The molecule has 75 heavy (non-hydrogen) atoms. The molecule has 1 aliphatic carbocycles. The normalized spacial score (nSPS) is 21.6. The first kappa shape index (κ1) is 58.6. The van der Waals surface area contributed by atoms with Gasteiger partial charge in [0.15, 0.2) is 5.71 Å². The first-order chi connectivity index (χ1) is 35.2. The van der Waals surface area contributed by atoms with Crippen molar-refractivity contribution in [2.24, 2.45) is 0 Å². The number of imide groups is 1. The van der Waals surface area contributed by atoms with E-state index in [2.05, 4.69) is 4.58 Å². The van der Waals surface area contributed by atoms with Crippen LogP contribution in [-0.4, -0.2) is 110 Å². The molecule has 1 saturated heterocycles. The summed E-state index contributed by atoms with van der Waals surface area (Å²) in [5.74, 6) is -2.90. The average molecular weight is 1120 g/mol. The summed E-state index contributed by atoms with van der Waals surface area (Å²) < 4.78 is 138. The molecule has 2 unspecified atom stereocenters. The second-order valence-electron chi connectivity index (χ2n) is 19.3. The van der Waals surface area contributed by atoms with E-state index in [4.69, 9.17) is 4.84 Å². The largest absolute Gasteiger partial charge is 0.344 e. The highest BCUT2D eigenvalue weighted by Gasteiger charge is 2.48. The first-order valence-corrected chi connectivity index (χ1v) is 30.7. The molecule has 2 atom stereocenters. The van der Waals surface area contributed by atoms with Crippen LogP contribution in [0.2, 0.25) is 0 Å². The Bertz CT molecular complexity index is 3250. The third kappa shape index (κ3) is 15.5. The van der Waals surface area contributed by atoms with E-state index in [0.29, 0.717) is 91.3 Å². The van der Waals surface area contributed by atoms with Gasteiger partial charge in [0, 0.05) is 66.7 Å². The molecule has 2 aromatic carbocycles. The molecule has 19 nitrogen and oxygen atoms in total. The molecular formula is C52H64N3O16S4+. The van der Waals surface area contributed by atoms with Crippen molar-refractivity contribution in [1.82, 2.24) is 5.06 Å². The Balaban J connectivity index is 1.36. The Morgan fingerprint density at radius 3 is 1.92 bits per heavy atom. The van der Waals surface area contributed by atoms with Crippen molar-refractivity contribution in [2.45, 2.75) is 124 Å². The third-order valence-electron chi connectivity index (χ3n) is 13.8. The van der Waals surface area contributed by atoms with Gasteiger partial charge in [-0.05, 0) is 106 Å². The number of rotatable bonds is 26. The number of carbonyl (C=O) groups excluding carboxylic acids is 3. The molecule has 1 fully saturated rings. The SMILES string of the molecule is CC1(CCCCS(=O)(=O)O)C(/C=C/C=C/C=C2/N(CCCCCC(=O)ON3C(=O)CCC3=O)c3ccc(S(=O)(=O)O)cc3C2(C)CCCCS(=O)(=O)O)=[N+](CCCC2=C/C=C\C=C/C=C2)c2ccc(S(=O)(=O)O)cc21. The molecule has 2 aromatic rings. The molecule has 23 heteroatoms. The fourth-order valence-electron chi connectivity index (χ4n) is 10.0. The van der Waals surface area contributed by atoms with Gasteiger partial charge in [-0.1, -0.05) is 80.0 Å². The molecule has 0 spiro atoms. The van der Waals surface area contributed by atoms with Crippen molar-refractivity contribution < 1.29 is 75.7 Å². The van der Waals surface area contributed by atoms with Gasteiger partial charge in [-0.25, -0.2) is 4.79 Å². The van der Waals surface area contributed by atoms with Crippen LogP contribution in [0.25, 0.3) is 0 Å². The number of nitrogens with zero attached hydrogens (tertiary/aromatic N) is 3. The molecule has 0 saturated carbocycles. The molecule has 406 valence electrons. The van der Waals surface area contributed by atoms with Crippen LogP contribution in [0.3, 0.4) is 0 Å². The number of allylic oxidation sites excluding steroid dienone is 14. The van der Waals surface area contributed by atoms with Gasteiger partial charge in [0.25, 0.3) is 52.3 Å². The van der Waals surface area contributed by atoms with Gasteiger partial charge in [0.1, 0.15) is 6.54 Å². The van der Waals surface area contributed by atoms with E-state index in [9.17, 15) is 66.3 Å². The topological polar surface area (TPSA) is 287 Å². The van der Waals surface area contributed by atoms with Gasteiger partial charge < -0.3 is 9.74 Å². The van der Waals surface area contributed by atoms with E-state index in [0.717, 1.165) is 11.3 Å². The smallest absolute Gasteiger partial charge is 0.333 e. The standard InChI is InChI=1S/C52H63N3O16S4/c1-51(31-13-16-35-72(59,60)61)42-37-40(74(65,66)67)25-27-44(42)53(33-15-7-12-24-50(58)71-55-48(56)29-30-49(55)57)46(51)22-10-6-11-23-47-52(2,32-14-17-36-73(62,63)64)43-38-41(75(68,69)70)26-28-45(43)54(47)34-18-21-39-19-8-4-3-5-9-20-39/h3-6,8-11,19-20,22-23,25-28,37-38H,7,12-18,21,24,29-36H2,1-2H3,(H3-,59,60,61,62,63,64,65,66,67,68,69,70)/p+1/b4-3-,5-3?,8-4?,9-5-,19-8?,20-9?,39-19?,39-20?. The number of hydrogen-bond acceptors (Lipinski definition) is 13. The van der Waals surface area contributed by atoms with E-state index in [1.807, 2.05) is 73.4 Å². The summed E-state index contributed by atoms with van der Waals surface area (Å²) in [4.78, 5) is 42.8. The van der Waals surface area contributed by atoms with Gasteiger partial charge >= 0.3 is 5.97 Å². The Kier molecular flexibility index (Phi) is 19.2. The van der Waals surface area contributed by atoms with Crippen LogP contribution in [0.1, 0.15) is 115 Å². The maximum Gasteiger partial charge on any atom is 0.333 e. The monoisotopic (exact) mass is 1110 g/mol. The summed E-state index contributed by atoms with van der Waals surface area (Å²) in [5, 5.41) is 0.494. The first-order valence-electron chi connectivity index (χ1n) is 24.6. The number of hydroxylamine groups is 2. The molecule has 4 N–H and O–H groups in total. The number of benzene rings is 2. The predicted molar refractivity (Wildman–Crippen MR) is 282 cm³/mol. The minimum atomic E-state index is -4.67. The van der Waals surface area contributed by atoms with Crippen molar-refractivity contribution >= 4 is 75.3 Å². The molecule has 3 heterocycles. The fraction of sp³-hybridized carbons (Fsp3) is 0.423. The lowest BCUT2D eigenvalue weighted by molar-refractivity contribution is -0.438. The Morgan fingerprint density at radius 1 is 0.680 bits per heavy atom. The molecular weight excluding hydrogens is 1050 g/mol. The summed E-state index contributed by atoms with van der Waals surface area (Å²) in [7, 11) is -17.9. The molecule has 0 bridgehead atoms. The molecule has 4 aliphatic rings. The van der Waals surface area contributed by atoms with Crippen LogP contribution in [0.4, 0.5) is 11.4 Å². The van der Waals surface area contributed by atoms with Gasteiger partial charge in [0.2, 0.25) is 5.69 Å². The van der Waals surface area contributed by atoms with E-state index in [1.54, 1.807) is 30.4 Å². The Hall–Kier alpha value is -5.66. The maximum absolute atomic E-state index is 12.5. The lowest BCUT2D eigenvalue weighted by atomic mass is 9.75. The van der Waals surface area contributed by atoms with Crippen molar-refractivity contribution in [1.29, 1.82) is 0 Å². The van der Waals surface area contributed by atoms with Crippen LogP contribution < -0.4 is 4.90 Å². The van der Waals surface area contributed by atoms with Gasteiger partial charge in [0.05, 0.1) is 26.7 Å².